The summed E-state index contributed by atoms with van der Waals surface area (Å²) in [6, 6.07) is 0. The molecule has 1 amide bonds. The molecule has 0 aliphatic carbocycles. The highest BCUT2D eigenvalue weighted by Gasteiger charge is 2.27. The quantitative estimate of drug-likeness (QED) is 0.792. The third kappa shape index (κ3) is 4.45. The Morgan fingerprint density at radius 1 is 1.53 bits per heavy atom. The van der Waals surface area contributed by atoms with Crippen LogP contribution in [0.2, 0.25) is 0 Å². The lowest BCUT2D eigenvalue weighted by Gasteiger charge is -2.25. The van der Waals surface area contributed by atoms with Gasteiger partial charge < -0.3 is 5.32 Å². The highest BCUT2D eigenvalue weighted by atomic mass is 35.5. The SMILES string of the molecule is CC(C)(CCl)C(=O)NCC1CSCCS1. The summed E-state index contributed by atoms with van der Waals surface area (Å²) < 4.78 is 0. The van der Waals surface area contributed by atoms with Crippen molar-refractivity contribution in [3.05, 3.63) is 0 Å². The standard InChI is InChI=1S/C10H18ClNOS2/c1-10(2,7-11)9(13)12-5-8-6-14-3-4-15-8/h8H,3-7H2,1-2H3,(H,12,13). The van der Waals surface area contributed by atoms with Crippen LogP contribution in [0.4, 0.5) is 0 Å². The van der Waals surface area contributed by atoms with Gasteiger partial charge in [-0.25, -0.2) is 0 Å². The number of carbonyl (C=O) groups is 1. The van der Waals surface area contributed by atoms with Gasteiger partial charge in [-0.2, -0.15) is 23.5 Å². The van der Waals surface area contributed by atoms with E-state index >= 15 is 0 Å². The van der Waals surface area contributed by atoms with Gasteiger partial charge in [0.15, 0.2) is 0 Å². The largest absolute Gasteiger partial charge is 0.354 e. The fourth-order valence-corrected chi connectivity index (χ4v) is 3.89. The molecule has 1 aliphatic rings. The average molecular weight is 268 g/mol. The summed E-state index contributed by atoms with van der Waals surface area (Å²) in [5, 5.41) is 3.55. The predicted octanol–water partition coefficient (Wildman–Crippen LogP) is 2.22. The Morgan fingerprint density at radius 3 is 2.80 bits per heavy atom. The third-order valence-electron chi connectivity index (χ3n) is 2.32. The fraction of sp³-hybridized carbons (Fsp3) is 0.900. The number of thioether (sulfide) groups is 2. The number of alkyl halides is 1. The van der Waals surface area contributed by atoms with Crippen LogP contribution >= 0.6 is 35.1 Å². The minimum absolute atomic E-state index is 0.0636. The van der Waals surface area contributed by atoms with Crippen molar-refractivity contribution in [1.29, 1.82) is 0 Å². The van der Waals surface area contributed by atoms with Gasteiger partial charge in [-0.05, 0) is 13.8 Å². The van der Waals surface area contributed by atoms with E-state index in [4.69, 9.17) is 11.6 Å². The molecule has 1 N–H and O–H groups in total. The number of hydrogen-bond donors (Lipinski definition) is 1. The molecule has 1 unspecified atom stereocenters. The average Bonchev–Trinajstić information content (AvgIpc) is 2.27. The summed E-state index contributed by atoms with van der Waals surface area (Å²) in [7, 11) is 0. The van der Waals surface area contributed by atoms with Crippen molar-refractivity contribution in [2.45, 2.75) is 19.1 Å². The van der Waals surface area contributed by atoms with Crippen LogP contribution in [0, 0.1) is 5.41 Å². The van der Waals surface area contributed by atoms with Crippen molar-refractivity contribution in [3.63, 3.8) is 0 Å². The van der Waals surface area contributed by atoms with E-state index in [2.05, 4.69) is 5.32 Å². The summed E-state index contributed by atoms with van der Waals surface area (Å²) in [6.07, 6.45) is 0. The van der Waals surface area contributed by atoms with Crippen LogP contribution in [0.25, 0.3) is 0 Å². The number of amides is 1. The third-order valence-corrected chi connectivity index (χ3v) is 5.84. The summed E-state index contributed by atoms with van der Waals surface area (Å²) in [5.41, 5.74) is -0.450. The van der Waals surface area contributed by atoms with E-state index in [0.29, 0.717) is 11.1 Å². The van der Waals surface area contributed by atoms with Crippen molar-refractivity contribution in [1.82, 2.24) is 5.32 Å². The minimum atomic E-state index is -0.450. The molecular formula is C10H18ClNOS2. The first-order valence-corrected chi connectivity index (χ1v) is 7.83. The molecule has 15 heavy (non-hydrogen) atoms. The van der Waals surface area contributed by atoms with Crippen molar-refractivity contribution in [2.75, 3.05) is 29.7 Å². The number of hydrogen-bond acceptors (Lipinski definition) is 3. The maximum absolute atomic E-state index is 11.7. The molecule has 2 nitrogen and oxygen atoms in total. The van der Waals surface area contributed by atoms with Crippen LogP contribution in [0.1, 0.15) is 13.8 Å². The molecule has 0 aromatic heterocycles. The smallest absolute Gasteiger partial charge is 0.226 e. The molecule has 0 aromatic carbocycles. The zero-order chi connectivity index (χ0) is 11.3. The van der Waals surface area contributed by atoms with Crippen molar-refractivity contribution < 1.29 is 4.79 Å². The summed E-state index contributed by atoms with van der Waals surface area (Å²) >= 11 is 9.66. The molecule has 0 spiro atoms. The maximum Gasteiger partial charge on any atom is 0.226 e. The van der Waals surface area contributed by atoms with E-state index < -0.39 is 5.41 Å². The fourth-order valence-electron chi connectivity index (χ4n) is 1.16. The second-order valence-electron chi connectivity index (χ2n) is 4.30. The summed E-state index contributed by atoms with van der Waals surface area (Å²) in [5.74, 6) is 4.01. The zero-order valence-corrected chi connectivity index (χ0v) is 11.6. The van der Waals surface area contributed by atoms with Crippen LogP contribution in [0.15, 0.2) is 0 Å². The van der Waals surface area contributed by atoms with Gasteiger partial charge in [0.25, 0.3) is 0 Å². The molecule has 1 heterocycles. The van der Waals surface area contributed by atoms with E-state index in [1.807, 2.05) is 37.4 Å². The molecular weight excluding hydrogens is 250 g/mol. The lowest BCUT2D eigenvalue weighted by atomic mass is 9.95. The molecule has 0 radical (unpaired) electrons. The molecule has 1 fully saturated rings. The molecule has 5 heteroatoms. The van der Waals surface area contributed by atoms with Crippen molar-refractivity contribution >= 4 is 41.0 Å². The van der Waals surface area contributed by atoms with Gasteiger partial charge in [0, 0.05) is 34.9 Å². The minimum Gasteiger partial charge on any atom is -0.354 e. The second-order valence-corrected chi connectivity index (χ2v) is 7.12. The Bertz CT molecular complexity index is 217. The highest BCUT2D eigenvalue weighted by molar-refractivity contribution is 8.06. The Kier molecular flexibility index (Phi) is 5.64. The van der Waals surface area contributed by atoms with Gasteiger partial charge in [-0.3, -0.25) is 4.79 Å². The summed E-state index contributed by atoms with van der Waals surface area (Å²) in [4.78, 5) is 11.7. The van der Waals surface area contributed by atoms with E-state index in [1.165, 1.54) is 11.5 Å². The Balaban J connectivity index is 2.26. The van der Waals surface area contributed by atoms with Gasteiger partial charge in [0.1, 0.15) is 0 Å². The molecule has 1 aliphatic heterocycles. The van der Waals surface area contributed by atoms with Gasteiger partial charge in [0.05, 0.1) is 5.41 Å². The molecule has 88 valence electrons. The Morgan fingerprint density at radius 2 is 2.27 bits per heavy atom. The number of nitrogens with one attached hydrogen (secondary N) is 1. The van der Waals surface area contributed by atoms with Crippen LogP contribution in [-0.4, -0.2) is 40.8 Å². The van der Waals surface area contributed by atoms with Crippen molar-refractivity contribution in [2.24, 2.45) is 5.41 Å². The van der Waals surface area contributed by atoms with E-state index in [-0.39, 0.29) is 5.91 Å². The molecule has 1 rings (SSSR count). The van der Waals surface area contributed by atoms with Crippen molar-refractivity contribution in [3.8, 4) is 0 Å². The molecule has 0 aromatic rings. The first kappa shape index (κ1) is 13.5. The first-order chi connectivity index (χ1) is 7.06. The van der Waals surface area contributed by atoms with Gasteiger partial charge in [-0.15, -0.1) is 11.6 Å². The lowest BCUT2D eigenvalue weighted by molar-refractivity contribution is -0.128. The second kappa shape index (κ2) is 6.26. The lowest BCUT2D eigenvalue weighted by Crippen LogP contribution is -2.42. The summed E-state index contributed by atoms with van der Waals surface area (Å²) in [6.45, 7) is 4.52. The first-order valence-electron chi connectivity index (χ1n) is 5.10. The predicted molar refractivity (Wildman–Crippen MR) is 71.1 cm³/mol. The molecule has 1 atom stereocenters. The normalized spacial score (nSPS) is 22.5. The Hall–Kier alpha value is 0.460. The van der Waals surface area contributed by atoms with E-state index in [9.17, 15) is 4.79 Å². The number of rotatable bonds is 4. The van der Waals surface area contributed by atoms with Crippen LogP contribution in [0.5, 0.6) is 0 Å². The molecule has 0 bridgehead atoms. The van der Waals surface area contributed by atoms with Crippen LogP contribution in [-0.2, 0) is 4.79 Å². The highest BCUT2D eigenvalue weighted by Crippen LogP contribution is 2.24. The van der Waals surface area contributed by atoms with E-state index in [1.54, 1.807) is 0 Å². The molecule has 0 saturated carbocycles. The number of halogens is 1. The van der Waals surface area contributed by atoms with Gasteiger partial charge in [-0.1, -0.05) is 0 Å². The van der Waals surface area contributed by atoms with Crippen LogP contribution in [0.3, 0.4) is 0 Å². The zero-order valence-electron chi connectivity index (χ0n) is 9.22. The molecule has 1 saturated heterocycles. The Labute approximate surface area is 105 Å². The van der Waals surface area contributed by atoms with Gasteiger partial charge in [0.2, 0.25) is 5.91 Å². The monoisotopic (exact) mass is 267 g/mol. The maximum atomic E-state index is 11.7. The van der Waals surface area contributed by atoms with Crippen LogP contribution < -0.4 is 5.32 Å². The topological polar surface area (TPSA) is 29.1 Å². The van der Waals surface area contributed by atoms with E-state index in [0.717, 1.165) is 12.3 Å². The number of carbonyl (C=O) groups excluding carboxylic acids is 1. The van der Waals surface area contributed by atoms with Gasteiger partial charge >= 0.3 is 0 Å².